The summed E-state index contributed by atoms with van der Waals surface area (Å²) >= 11 is 0. The van der Waals surface area contributed by atoms with E-state index in [2.05, 4.69) is 10.5 Å². The van der Waals surface area contributed by atoms with Crippen LogP contribution in [0.15, 0.2) is 64.1 Å². The molecule has 24 heavy (non-hydrogen) atoms. The molecule has 0 saturated heterocycles. The largest absolute Gasteiger partial charge is 0.508 e. The van der Waals surface area contributed by atoms with Crippen LogP contribution in [0, 0.1) is 0 Å². The summed E-state index contributed by atoms with van der Waals surface area (Å²) in [4.78, 5) is 23.6. The Morgan fingerprint density at radius 1 is 1.08 bits per heavy atom. The zero-order valence-electron chi connectivity index (χ0n) is 12.4. The zero-order valence-corrected chi connectivity index (χ0v) is 12.4. The van der Waals surface area contributed by atoms with E-state index in [9.17, 15) is 14.7 Å². The van der Waals surface area contributed by atoms with Crippen LogP contribution in [0.2, 0.25) is 0 Å². The van der Waals surface area contributed by atoms with Crippen LogP contribution in [0.5, 0.6) is 5.75 Å². The van der Waals surface area contributed by atoms with E-state index in [0.717, 1.165) is 0 Å². The highest BCUT2D eigenvalue weighted by atomic mass is 16.3. The molecule has 0 saturated carbocycles. The van der Waals surface area contributed by atoms with E-state index in [1.54, 1.807) is 36.4 Å². The van der Waals surface area contributed by atoms with E-state index in [1.165, 1.54) is 18.2 Å². The molecule has 0 atom stereocenters. The molecule has 3 rings (SSSR count). The topological polar surface area (TPSA) is 118 Å². The average Bonchev–Trinajstić information content (AvgIpc) is 2.59. The number of phenols is 1. The maximum absolute atomic E-state index is 12.0. The normalized spacial score (nSPS) is 11.4. The van der Waals surface area contributed by atoms with Crippen molar-refractivity contribution in [3.8, 4) is 5.75 Å². The van der Waals surface area contributed by atoms with Gasteiger partial charge in [-0.2, -0.15) is 0 Å². The molecule has 0 aliphatic carbocycles. The molecule has 7 nitrogen and oxygen atoms in total. The Morgan fingerprint density at radius 3 is 2.54 bits per heavy atom. The molecule has 0 unspecified atom stereocenters. The van der Waals surface area contributed by atoms with Gasteiger partial charge in [0.25, 0.3) is 11.8 Å². The fraction of sp³-hybridized carbons (Fsp3) is 0. The number of hydrogen-bond acceptors (Lipinski definition) is 5. The van der Waals surface area contributed by atoms with Crippen LogP contribution in [-0.4, -0.2) is 16.9 Å². The van der Waals surface area contributed by atoms with E-state index in [-0.39, 0.29) is 16.9 Å². The number of amides is 2. The molecule has 0 aliphatic rings. The molecule has 0 aliphatic heterocycles. The number of benzene rings is 2. The first-order chi connectivity index (χ1) is 11.5. The maximum atomic E-state index is 12.0. The second-order valence-electron chi connectivity index (χ2n) is 4.97. The summed E-state index contributed by atoms with van der Waals surface area (Å²) in [5.74, 6) is -1.21. The van der Waals surface area contributed by atoms with Crippen molar-refractivity contribution < 1.29 is 19.1 Å². The van der Waals surface area contributed by atoms with E-state index >= 15 is 0 Å². The Hall–Kier alpha value is -3.61. The Labute approximate surface area is 136 Å². The molecule has 120 valence electrons. The highest BCUT2D eigenvalue weighted by Gasteiger charge is 2.10. The van der Waals surface area contributed by atoms with Gasteiger partial charge >= 0.3 is 0 Å². The van der Waals surface area contributed by atoms with Crippen LogP contribution in [0.3, 0.4) is 0 Å². The minimum atomic E-state index is -0.749. The van der Waals surface area contributed by atoms with Crippen molar-refractivity contribution in [1.82, 2.24) is 5.43 Å². The summed E-state index contributed by atoms with van der Waals surface area (Å²) in [7, 11) is 0. The summed E-state index contributed by atoms with van der Waals surface area (Å²) < 4.78 is 5.48. The van der Waals surface area contributed by atoms with Gasteiger partial charge < -0.3 is 15.3 Å². The lowest BCUT2D eigenvalue weighted by Gasteiger charge is -2.03. The fourth-order valence-electron chi connectivity index (χ4n) is 2.12. The van der Waals surface area contributed by atoms with Crippen LogP contribution in [0.4, 0.5) is 0 Å². The van der Waals surface area contributed by atoms with Crippen molar-refractivity contribution in [2.24, 2.45) is 10.8 Å². The standard InChI is InChI=1S/C17H13N3O4/c18-15(22)13-8-11-6-7-12(21)9-14(11)24-17(13)20-19-16(23)10-4-2-1-3-5-10/h1-9,21H,(H2,18,22)(H,19,23)/b20-17-. The van der Waals surface area contributed by atoms with Gasteiger partial charge in [-0.1, -0.05) is 18.2 Å². The summed E-state index contributed by atoms with van der Waals surface area (Å²) in [6.45, 7) is 0. The Kier molecular flexibility index (Phi) is 3.98. The van der Waals surface area contributed by atoms with Crippen LogP contribution in [0.1, 0.15) is 20.7 Å². The van der Waals surface area contributed by atoms with Gasteiger partial charge in [0.2, 0.25) is 5.55 Å². The molecule has 7 heteroatoms. The smallest absolute Gasteiger partial charge is 0.271 e. The van der Waals surface area contributed by atoms with Crippen molar-refractivity contribution >= 4 is 22.8 Å². The number of fused-ring (bicyclic) bond motifs is 1. The van der Waals surface area contributed by atoms with Crippen LogP contribution >= 0.6 is 0 Å². The monoisotopic (exact) mass is 323 g/mol. The van der Waals surface area contributed by atoms with Crippen molar-refractivity contribution in [3.05, 3.63) is 71.3 Å². The third-order valence-electron chi connectivity index (χ3n) is 3.29. The first-order valence-electron chi connectivity index (χ1n) is 7.00. The minimum Gasteiger partial charge on any atom is -0.508 e. The lowest BCUT2D eigenvalue weighted by molar-refractivity contribution is 0.0946. The highest BCUT2D eigenvalue weighted by Crippen LogP contribution is 2.19. The van der Waals surface area contributed by atoms with E-state index in [1.807, 2.05) is 0 Å². The van der Waals surface area contributed by atoms with Crippen LogP contribution in [0.25, 0.3) is 11.0 Å². The number of hydrogen-bond donors (Lipinski definition) is 3. The fourth-order valence-corrected chi connectivity index (χ4v) is 2.12. The number of carbonyl (C=O) groups excluding carboxylic acids is 2. The predicted molar refractivity (Wildman–Crippen MR) is 85.9 cm³/mol. The third kappa shape index (κ3) is 3.09. The Bertz CT molecular complexity index is 994. The SMILES string of the molecule is NC(=O)c1cc2ccc(O)cc2o/c1=N\NC(=O)c1ccccc1. The number of phenolic OH excluding ortho intramolecular Hbond substituents is 1. The van der Waals surface area contributed by atoms with E-state index < -0.39 is 11.8 Å². The summed E-state index contributed by atoms with van der Waals surface area (Å²) in [6.07, 6.45) is 0. The van der Waals surface area contributed by atoms with Gasteiger partial charge in [0.05, 0.1) is 0 Å². The molecule has 0 spiro atoms. The molecule has 3 aromatic rings. The van der Waals surface area contributed by atoms with Crippen molar-refractivity contribution in [2.75, 3.05) is 0 Å². The van der Waals surface area contributed by atoms with Gasteiger partial charge in [-0.3, -0.25) is 9.59 Å². The Morgan fingerprint density at radius 2 is 1.83 bits per heavy atom. The third-order valence-corrected chi connectivity index (χ3v) is 3.29. The molecule has 0 radical (unpaired) electrons. The second-order valence-corrected chi connectivity index (χ2v) is 4.97. The first-order valence-corrected chi connectivity index (χ1v) is 7.00. The molecule has 1 aromatic heterocycles. The lowest BCUT2D eigenvalue weighted by Crippen LogP contribution is -2.27. The van der Waals surface area contributed by atoms with Gasteiger partial charge in [0.1, 0.15) is 16.9 Å². The van der Waals surface area contributed by atoms with Crippen LogP contribution < -0.4 is 16.7 Å². The molecular formula is C17H13N3O4. The van der Waals surface area contributed by atoms with Gasteiger partial charge in [-0.15, -0.1) is 5.10 Å². The highest BCUT2D eigenvalue weighted by molar-refractivity contribution is 5.96. The second kappa shape index (κ2) is 6.25. The molecule has 1 heterocycles. The molecule has 2 amide bonds. The van der Waals surface area contributed by atoms with Crippen LogP contribution in [-0.2, 0) is 0 Å². The van der Waals surface area contributed by atoms with E-state index in [4.69, 9.17) is 10.2 Å². The number of carbonyl (C=O) groups is 2. The number of rotatable bonds is 3. The predicted octanol–water partition coefficient (Wildman–Crippen LogP) is 1.48. The van der Waals surface area contributed by atoms with Gasteiger partial charge in [0, 0.05) is 17.0 Å². The number of nitrogens with two attached hydrogens (primary N) is 1. The quantitative estimate of drug-likeness (QED) is 0.633. The molecule has 0 fully saturated rings. The van der Waals surface area contributed by atoms with Gasteiger partial charge in [0.15, 0.2) is 0 Å². The zero-order chi connectivity index (χ0) is 17.1. The lowest BCUT2D eigenvalue weighted by atomic mass is 10.1. The number of aromatic hydroxyl groups is 1. The average molecular weight is 323 g/mol. The minimum absolute atomic E-state index is 0.00246. The molecule has 2 aromatic carbocycles. The van der Waals surface area contributed by atoms with Crippen molar-refractivity contribution in [3.63, 3.8) is 0 Å². The van der Waals surface area contributed by atoms with Gasteiger partial charge in [-0.05, 0) is 30.3 Å². The molecule has 4 N–H and O–H groups in total. The van der Waals surface area contributed by atoms with Crippen molar-refractivity contribution in [1.29, 1.82) is 0 Å². The molecule has 0 bridgehead atoms. The maximum Gasteiger partial charge on any atom is 0.271 e. The Balaban J connectivity index is 2.04. The van der Waals surface area contributed by atoms with E-state index in [0.29, 0.717) is 16.5 Å². The number of nitrogens with one attached hydrogen (secondary N) is 1. The van der Waals surface area contributed by atoms with Gasteiger partial charge in [-0.25, -0.2) is 5.43 Å². The first kappa shape index (κ1) is 15.3. The summed E-state index contributed by atoms with van der Waals surface area (Å²) in [5.41, 5.74) is 8.21. The van der Waals surface area contributed by atoms with Crippen molar-refractivity contribution in [2.45, 2.75) is 0 Å². The summed E-state index contributed by atoms with van der Waals surface area (Å²) in [5, 5.41) is 13.9. The molecular weight excluding hydrogens is 310 g/mol. The number of primary amides is 1. The number of nitrogens with zero attached hydrogens (tertiary/aromatic N) is 1. The summed E-state index contributed by atoms with van der Waals surface area (Å²) in [6, 6.07) is 14.3.